The normalized spacial score (nSPS) is 14.1. The van der Waals surface area contributed by atoms with Crippen LogP contribution >= 0.6 is 0 Å². The molecule has 0 saturated carbocycles. The van der Waals surface area contributed by atoms with Crippen LogP contribution < -0.4 is 5.73 Å². The quantitative estimate of drug-likeness (QED) is 0.319. The van der Waals surface area contributed by atoms with E-state index >= 15 is 0 Å². The molecule has 0 aliphatic rings. The molecule has 1 atom stereocenters. The summed E-state index contributed by atoms with van der Waals surface area (Å²) in [5, 5.41) is 0. The van der Waals surface area contributed by atoms with Gasteiger partial charge in [0.15, 0.2) is 0 Å². The second kappa shape index (κ2) is 12.3. The number of hydrogen-bond donors (Lipinski definition) is 1. The fraction of sp³-hybridized carbons (Fsp3) is 0.875. The summed E-state index contributed by atoms with van der Waals surface area (Å²) in [6.07, 6.45) is 12.9. The van der Waals surface area contributed by atoms with Gasteiger partial charge in [-0.05, 0) is 32.6 Å². The lowest BCUT2D eigenvalue weighted by atomic mass is 10.0. The zero-order valence-corrected chi connectivity index (χ0v) is 13.7. The van der Waals surface area contributed by atoms with E-state index in [0.717, 1.165) is 38.5 Å². The summed E-state index contributed by atoms with van der Waals surface area (Å²) in [7, 11) is 4.82. The molecule has 4 nitrogen and oxygen atoms in total. The molecule has 0 aromatic carbocycles. The summed E-state index contributed by atoms with van der Waals surface area (Å²) >= 11 is 0. The molecule has 0 radical (unpaired) electrons. The Hall–Kier alpha value is -0.420. The molecule has 0 aromatic rings. The molecule has 20 heavy (non-hydrogen) atoms. The molecule has 4 heteroatoms. The zero-order chi connectivity index (χ0) is 15.3. The second-order valence-electron chi connectivity index (χ2n) is 5.15. The van der Waals surface area contributed by atoms with E-state index in [-0.39, 0.29) is 0 Å². The Bertz CT molecular complexity index is 232. The van der Waals surface area contributed by atoms with Crippen LogP contribution in [0, 0.1) is 0 Å². The summed E-state index contributed by atoms with van der Waals surface area (Å²) in [5.74, 6) is -0.872. The van der Waals surface area contributed by atoms with Crippen LogP contribution in [0.1, 0.15) is 58.3 Å². The average Bonchev–Trinajstić information content (AvgIpc) is 2.47. The van der Waals surface area contributed by atoms with Gasteiger partial charge in [0, 0.05) is 33.8 Å². The predicted octanol–water partition coefficient (Wildman–Crippen LogP) is 3.60. The van der Waals surface area contributed by atoms with Gasteiger partial charge in [-0.3, -0.25) is 0 Å². The molecule has 1 unspecified atom stereocenters. The molecule has 0 fully saturated rings. The fourth-order valence-corrected chi connectivity index (χ4v) is 2.28. The molecule has 0 aromatic heterocycles. The topological polar surface area (TPSA) is 53.7 Å². The van der Waals surface area contributed by atoms with E-state index in [4.69, 9.17) is 19.9 Å². The van der Waals surface area contributed by atoms with Crippen molar-refractivity contribution < 1.29 is 14.2 Å². The van der Waals surface area contributed by atoms with Crippen LogP contribution in [-0.4, -0.2) is 33.3 Å². The van der Waals surface area contributed by atoms with E-state index in [9.17, 15) is 0 Å². The lowest BCUT2D eigenvalue weighted by Gasteiger charge is -2.28. The standard InChI is InChI=1S/C16H33NO3/c1-5-6-9-12-15(17)13-10-7-8-11-14-16(18-2,19-3)20-4/h5-6,15H,7-14,17H2,1-4H3. The Morgan fingerprint density at radius 2 is 1.55 bits per heavy atom. The first-order chi connectivity index (χ1) is 9.64. The molecule has 0 heterocycles. The van der Waals surface area contributed by atoms with Gasteiger partial charge in [0.2, 0.25) is 0 Å². The highest BCUT2D eigenvalue weighted by Gasteiger charge is 2.28. The maximum Gasteiger partial charge on any atom is 0.282 e. The number of ether oxygens (including phenoxy) is 3. The van der Waals surface area contributed by atoms with Crippen molar-refractivity contribution in [1.29, 1.82) is 0 Å². The summed E-state index contributed by atoms with van der Waals surface area (Å²) in [6, 6.07) is 0.335. The number of nitrogens with two attached hydrogens (primary N) is 1. The molecular weight excluding hydrogens is 254 g/mol. The lowest BCUT2D eigenvalue weighted by Crippen LogP contribution is -2.35. The van der Waals surface area contributed by atoms with Gasteiger partial charge in [0.1, 0.15) is 0 Å². The summed E-state index contributed by atoms with van der Waals surface area (Å²) < 4.78 is 15.8. The maximum absolute atomic E-state index is 6.07. The fourth-order valence-electron chi connectivity index (χ4n) is 2.28. The van der Waals surface area contributed by atoms with Gasteiger partial charge in [0.25, 0.3) is 5.97 Å². The Morgan fingerprint density at radius 3 is 2.10 bits per heavy atom. The number of methoxy groups -OCH3 is 3. The molecule has 120 valence electrons. The van der Waals surface area contributed by atoms with Crippen LogP contribution in [0.25, 0.3) is 0 Å². The van der Waals surface area contributed by atoms with Gasteiger partial charge in [0.05, 0.1) is 0 Å². The minimum atomic E-state index is -0.872. The van der Waals surface area contributed by atoms with E-state index < -0.39 is 5.97 Å². The van der Waals surface area contributed by atoms with Crippen molar-refractivity contribution in [3.05, 3.63) is 12.2 Å². The number of unbranched alkanes of at least 4 members (excludes halogenated alkanes) is 3. The lowest BCUT2D eigenvalue weighted by molar-refractivity contribution is -0.355. The van der Waals surface area contributed by atoms with E-state index in [1.807, 2.05) is 6.92 Å². The summed E-state index contributed by atoms with van der Waals surface area (Å²) in [5.41, 5.74) is 6.07. The third-order valence-corrected chi connectivity index (χ3v) is 3.68. The highest BCUT2D eigenvalue weighted by molar-refractivity contribution is 4.78. The van der Waals surface area contributed by atoms with Crippen LogP contribution in [0.5, 0.6) is 0 Å². The Balaban J connectivity index is 3.57. The highest BCUT2D eigenvalue weighted by Crippen LogP contribution is 2.21. The monoisotopic (exact) mass is 287 g/mol. The smallest absolute Gasteiger partial charge is 0.282 e. The molecule has 0 amide bonds. The molecule has 0 saturated heterocycles. The van der Waals surface area contributed by atoms with Crippen molar-refractivity contribution in [1.82, 2.24) is 0 Å². The SMILES string of the molecule is CC=CCCC(N)CCCCCCC(OC)(OC)OC. The molecule has 0 rings (SSSR count). The van der Waals surface area contributed by atoms with E-state index in [0.29, 0.717) is 6.04 Å². The van der Waals surface area contributed by atoms with Gasteiger partial charge in [-0.1, -0.05) is 31.4 Å². The minimum Gasteiger partial charge on any atom is -0.331 e. The van der Waals surface area contributed by atoms with E-state index in [2.05, 4.69) is 12.2 Å². The number of rotatable bonds is 13. The first-order valence-corrected chi connectivity index (χ1v) is 7.66. The summed E-state index contributed by atoms with van der Waals surface area (Å²) in [6.45, 7) is 2.05. The van der Waals surface area contributed by atoms with Crippen molar-refractivity contribution in [2.45, 2.75) is 70.3 Å². The van der Waals surface area contributed by atoms with Crippen LogP contribution in [-0.2, 0) is 14.2 Å². The van der Waals surface area contributed by atoms with Gasteiger partial charge >= 0.3 is 0 Å². The van der Waals surface area contributed by atoms with Crippen LogP contribution in [0.3, 0.4) is 0 Å². The minimum absolute atomic E-state index is 0.335. The van der Waals surface area contributed by atoms with Crippen LogP contribution in [0.15, 0.2) is 12.2 Å². The highest BCUT2D eigenvalue weighted by atomic mass is 16.9. The Kier molecular flexibility index (Phi) is 12.1. The van der Waals surface area contributed by atoms with Crippen molar-refractivity contribution >= 4 is 0 Å². The molecule has 0 spiro atoms. The molecule has 0 aliphatic carbocycles. The molecule has 0 bridgehead atoms. The second-order valence-corrected chi connectivity index (χ2v) is 5.15. The summed E-state index contributed by atoms with van der Waals surface area (Å²) in [4.78, 5) is 0. The maximum atomic E-state index is 6.07. The van der Waals surface area contributed by atoms with E-state index in [1.54, 1.807) is 21.3 Å². The molecular formula is C16H33NO3. The average molecular weight is 287 g/mol. The number of hydrogen-bond acceptors (Lipinski definition) is 4. The third kappa shape index (κ3) is 8.69. The van der Waals surface area contributed by atoms with Crippen LogP contribution in [0.4, 0.5) is 0 Å². The predicted molar refractivity (Wildman–Crippen MR) is 83.5 cm³/mol. The molecule has 2 N–H and O–H groups in total. The zero-order valence-electron chi connectivity index (χ0n) is 13.7. The Labute approximate surface area is 124 Å². The number of allylic oxidation sites excluding steroid dienone is 2. The van der Waals surface area contributed by atoms with Crippen molar-refractivity contribution in [2.24, 2.45) is 5.73 Å². The van der Waals surface area contributed by atoms with Crippen molar-refractivity contribution in [3.8, 4) is 0 Å². The Morgan fingerprint density at radius 1 is 0.950 bits per heavy atom. The largest absolute Gasteiger partial charge is 0.331 e. The van der Waals surface area contributed by atoms with Gasteiger partial charge in [-0.25, -0.2) is 0 Å². The van der Waals surface area contributed by atoms with Crippen LogP contribution in [0.2, 0.25) is 0 Å². The van der Waals surface area contributed by atoms with Gasteiger partial charge in [-0.2, -0.15) is 0 Å². The van der Waals surface area contributed by atoms with Gasteiger partial charge in [-0.15, -0.1) is 0 Å². The first-order valence-electron chi connectivity index (χ1n) is 7.66. The van der Waals surface area contributed by atoms with E-state index in [1.165, 1.54) is 12.8 Å². The van der Waals surface area contributed by atoms with Crippen molar-refractivity contribution in [2.75, 3.05) is 21.3 Å². The molecule has 0 aliphatic heterocycles. The van der Waals surface area contributed by atoms with Gasteiger partial charge < -0.3 is 19.9 Å². The van der Waals surface area contributed by atoms with Crippen molar-refractivity contribution in [3.63, 3.8) is 0 Å². The first kappa shape index (κ1) is 19.6. The third-order valence-electron chi connectivity index (χ3n) is 3.68.